The first-order valence-electron chi connectivity index (χ1n) is 5.75. The normalized spacial score (nSPS) is 15.5. The summed E-state index contributed by atoms with van der Waals surface area (Å²) in [5.74, 6) is 0. The fraction of sp³-hybridized carbons (Fsp3) is 0.333. The van der Waals surface area contributed by atoms with Gasteiger partial charge in [0.25, 0.3) is 5.56 Å². The minimum atomic E-state index is 0.116. The van der Waals surface area contributed by atoms with Gasteiger partial charge in [0.2, 0.25) is 0 Å². The number of hydrogen-bond acceptors (Lipinski definition) is 4. The standard InChI is InChI=1S/C12H10N2OS2/c15-11-9-7-3-1-2-4-8(7)17-10(9)13-12-14(11)5-6-16-12/h5-6H,1-4H2. The molecule has 4 rings (SSSR count). The maximum absolute atomic E-state index is 12.4. The highest BCUT2D eigenvalue weighted by molar-refractivity contribution is 7.19. The van der Waals surface area contributed by atoms with Gasteiger partial charge in [-0.1, -0.05) is 0 Å². The van der Waals surface area contributed by atoms with Crippen LogP contribution >= 0.6 is 22.7 Å². The molecule has 0 aliphatic heterocycles. The molecule has 0 radical (unpaired) electrons. The number of rotatable bonds is 0. The molecule has 5 heteroatoms. The van der Waals surface area contributed by atoms with Gasteiger partial charge in [0, 0.05) is 16.5 Å². The van der Waals surface area contributed by atoms with Crippen LogP contribution < -0.4 is 5.56 Å². The van der Waals surface area contributed by atoms with Gasteiger partial charge in [-0.3, -0.25) is 9.20 Å². The molecule has 3 aromatic rings. The number of thiophene rings is 1. The Morgan fingerprint density at radius 1 is 1.29 bits per heavy atom. The Hall–Kier alpha value is -1.20. The van der Waals surface area contributed by atoms with Crippen LogP contribution in [0, 0.1) is 0 Å². The van der Waals surface area contributed by atoms with Crippen molar-refractivity contribution in [2.45, 2.75) is 25.7 Å². The number of aromatic nitrogens is 2. The molecule has 3 aromatic heterocycles. The van der Waals surface area contributed by atoms with Gasteiger partial charge in [-0.2, -0.15) is 0 Å². The quantitative estimate of drug-likeness (QED) is 0.624. The van der Waals surface area contributed by atoms with Crippen LogP contribution in [0.2, 0.25) is 0 Å². The summed E-state index contributed by atoms with van der Waals surface area (Å²) >= 11 is 3.24. The summed E-state index contributed by atoms with van der Waals surface area (Å²) in [6.45, 7) is 0. The lowest BCUT2D eigenvalue weighted by molar-refractivity contribution is 0.700. The third kappa shape index (κ3) is 1.26. The third-order valence-electron chi connectivity index (χ3n) is 3.37. The zero-order chi connectivity index (χ0) is 11.4. The molecule has 0 unspecified atom stereocenters. The van der Waals surface area contributed by atoms with Crippen molar-refractivity contribution >= 4 is 37.9 Å². The first-order chi connectivity index (χ1) is 8.34. The zero-order valence-electron chi connectivity index (χ0n) is 9.10. The molecule has 0 spiro atoms. The lowest BCUT2D eigenvalue weighted by Crippen LogP contribution is -2.13. The predicted octanol–water partition coefficient (Wildman–Crippen LogP) is 2.85. The number of fused-ring (bicyclic) bond motifs is 4. The number of aryl methyl sites for hydroxylation is 2. The van der Waals surface area contributed by atoms with Crippen LogP contribution in [0.4, 0.5) is 0 Å². The summed E-state index contributed by atoms with van der Waals surface area (Å²) in [6.07, 6.45) is 6.43. The summed E-state index contributed by atoms with van der Waals surface area (Å²) in [6, 6.07) is 0. The smallest absolute Gasteiger partial charge is 0.267 e. The second-order valence-corrected chi connectivity index (χ2v) is 6.32. The molecule has 1 aliphatic rings. The number of nitrogens with zero attached hydrogens (tertiary/aromatic N) is 2. The Labute approximate surface area is 105 Å². The topological polar surface area (TPSA) is 34.4 Å². The fourth-order valence-electron chi connectivity index (χ4n) is 2.57. The summed E-state index contributed by atoms with van der Waals surface area (Å²) in [4.78, 5) is 20.1. The van der Waals surface area contributed by atoms with Crippen LogP contribution in [0.5, 0.6) is 0 Å². The van der Waals surface area contributed by atoms with Crippen molar-refractivity contribution in [3.05, 3.63) is 32.4 Å². The average Bonchev–Trinajstić information content (AvgIpc) is 2.92. The Balaban J connectivity index is 2.23. The molecule has 17 heavy (non-hydrogen) atoms. The van der Waals surface area contributed by atoms with Gasteiger partial charge in [0.1, 0.15) is 4.83 Å². The van der Waals surface area contributed by atoms with Crippen LogP contribution in [0.3, 0.4) is 0 Å². The lowest BCUT2D eigenvalue weighted by Gasteiger charge is -2.09. The largest absolute Gasteiger partial charge is 0.268 e. The molecule has 0 aromatic carbocycles. The summed E-state index contributed by atoms with van der Waals surface area (Å²) < 4.78 is 1.68. The van der Waals surface area contributed by atoms with Crippen LogP contribution in [-0.2, 0) is 12.8 Å². The van der Waals surface area contributed by atoms with E-state index in [1.807, 2.05) is 11.6 Å². The van der Waals surface area contributed by atoms with Crippen molar-refractivity contribution < 1.29 is 0 Å². The van der Waals surface area contributed by atoms with E-state index in [0.29, 0.717) is 0 Å². The van der Waals surface area contributed by atoms with Gasteiger partial charge in [0.15, 0.2) is 4.96 Å². The van der Waals surface area contributed by atoms with E-state index in [2.05, 4.69) is 4.98 Å². The Bertz CT molecular complexity index is 781. The van der Waals surface area contributed by atoms with Gasteiger partial charge in [-0.05, 0) is 31.2 Å². The van der Waals surface area contributed by atoms with Crippen LogP contribution in [0.25, 0.3) is 15.2 Å². The summed E-state index contributed by atoms with van der Waals surface area (Å²) in [5.41, 5.74) is 1.39. The molecule has 0 saturated heterocycles. The van der Waals surface area contributed by atoms with E-state index in [1.54, 1.807) is 15.7 Å². The second kappa shape index (κ2) is 3.40. The molecule has 0 N–H and O–H groups in total. The summed E-state index contributed by atoms with van der Waals surface area (Å²) in [5, 5.41) is 2.79. The molecule has 3 heterocycles. The third-order valence-corrected chi connectivity index (χ3v) is 5.31. The first-order valence-corrected chi connectivity index (χ1v) is 7.44. The first kappa shape index (κ1) is 9.79. The molecular weight excluding hydrogens is 252 g/mol. The van der Waals surface area contributed by atoms with Crippen LogP contribution in [0.15, 0.2) is 16.4 Å². The van der Waals surface area contributed by atoms with Gasteiger partial charge in [-0.25, -0.2) is 4.98 Å². The highest BCUT2D eigenvalue weighted by atomic mass is 32.1. The molecular formula is C12H10N2OS2. The minimum Gasteiger partial charge on any atom is -0.268 e. The zero-order valence-corrected chi connectivity index (χ0v) is 10.7. The molecule has 0 atom stereocenters. The van der Waals surface area contributed by atoms with Gasteiger partial charge in [-0.15, -0.1) is 22.7 Å². The maximum Gasteiger partial charge on any atom is 0.267 e. The van der Waals surface area contributed by atoms with Crippen LogP contribution in [0.1, 0.15) is 23.3 Å². The number of thiazole rings is 1. The van der Waals surface area contributed by atoms with Gasteiger partial charge < -0.3 is 0 Å². The summed E-state index contributed by atoms with van der Waals surface area (Å²) in [7, 11) is 0. The van der Waals surface area contributed by atoms with E-state index >= 15 is 0 Å². The molecule has 0 fully saturated rings. The highest BCUT2D eigenvalue weighted by Gasteiger charge is 2.20. The van der Waals surface area contributed by atoms with E-state index in [-0.39, 0.29) is 5.56 Å². The number of hydrogen-bond donors (Lipinski definition) is 0. The molecule has 0 amide bonds. The van der Waals surface area contributed by atoms with Crippen molar-refractivity contribution in [1.82, 2.24) is 9.38 Å². The van der Waals surface area contributed by atoms with E-state index < -0.39 is 0 Å². The lowest BCUT2D eigenvalue weighted by atomic mass is 9.97. The Morgan fingerprint density at radius 3 is 3.12 bits per heavy atom. The van der Waals surface area contributed by atoms with Crippen molar-refractivity contribution in [1.29, 1.82) is 0 Å². The minimum absolute atomic E-state index is 0.116. The Morgan fingerprint density at radius 2 is 2.18 bits per heavy atom. The van der Waals surface area contributed by atoms with Crippen molar-refractivity contribution in [3.8, 4) is 0 Å². The predicted molar refractivity (Wildman–Crippen MR) is 71.4 cm³/mol. The molecule has 86 valence electrons. The van der Waals surface area contributed by atoms with E-state index in [1.165, 1.54) is 34.6 Å². The van der Waals surface area contributed by atoms with E-state index in [0.717, 1.165) is 28.0 Å². The van der Waals surface area contributed by atoms with E-state index in [4.69, 9.17) is 0 Å². The molecule has 1 aliphatic carbocycles. The van der Waals surface area contributed by atoms with Crippen LogP contribution in [-0.4, -0.2) is 9.38 Å². The molecule has 0 saturated carbocycles. The van der Waals surface area contributed by atoms with Crippen molar-refractivity contribution in [2.24, 2.45) is 0 Å². The Kier molecular flexibility index (Phi) is 1.96. The van der Waals surface area contributed by atoms with E-state index in [9.17, 15) is 4.79 Å². The van der Waals surface area contributed by atoms with Gasteiger partial charge >= 0.3 is 0 Å². The van der Waals surface area contributed by atoms with Gasteiger partial charge in [0.05, 0.1) is 5.39 Å². The molecule has 3 nitrogen and oxygen atoms in total. The second-order valence-electron chi connectivity index (χ2n) is 4.36. The average molecular weight is 262 g/mol. The maximum atomic E-state index is 12.4. The van der Waals surface area contributed by atoms with Crippen molar-refractivity contribution in [2.75, 3.05) is 0 Å². The SMILES string of the molecule is O=c1c2c3c(sc2nc2sccn12)CCCC3. The monoisotopic (exact) mass is 262 g/mol. The fourth-order valence-corrected chi connectivity index (χ4v) is 4.58. The molecule has 0 bridgehead atoms. The van der Waals surface area contributed by atoms with Crippen molar-refractivity contribution in [3.63, 3.8) is 0 Å². The highest BCUT2D eigenvalue weighted by Crippen LogP contribution is 2.34.